The number of likely N-dealkylation sites (tertiary alicyclic amines) is 1. The molecular formula is C14H20N2O. The maximum absolute atomic E-state index is 12.3. The Bertz CT molecular complexity index is 380. The third-order valence-electron chi connectivity index (χ3n) is 3.91. The number of pyridine rings is 1. The average molecular weight is 232 g/mol. The van der Waals surface area contributed by atoms with Gasteiger partial charge in [-0.25, -0.2) is 0 Å². The number of Topliss-reactive ketones (excluding diaryl/α,β-unsaturated/α-hetero) is 1. The Morgan fingerprint density at radius 1 is 1.47 bits per heavy atom. The first-order chi connectivity index (χ1) is 8.19. The fourth-order valence-corrected chi connectivity index (χ4v) is 2.71. The van der Waals surface area contributed by atoms with Gasteiger partial charge < -0.3 is 4.90 Å². The second-order valence-electron chi connectivity index (χ2n) is 4.90. The lowest BCUT2D eigenvalue weighted by molar-refractivity contribution is -0.126. The highest BCUT2D eigenvalue weighted by Crippen LogP contribution is 2.36. The highest BCUT2D eigenvalue weighted by molar-refractivity contribution is 5.90. The Morgan fingerprint density at radius 3 is 2.71 bits per heavy atom. The number of carbonyl (C=O) groups is 1. The van der Waals surface area contributed by atoms with Crippen molar-refractivity contribution in [2.75, 3.05) is 20.1 Å². The number of nitrogens with zero attached hydrogens (tertiary/aromatic N) is 2. The zero-order valence-electron chi connectivity index (χ0n) is 10.6. The van der Waals surface area contributed by atoms with Gasteiger partial charge in [0, 0.05) is 18.8 Å². The van der Waals surface area contributed by atoms with E-state index in [9.17, 15) is 4.79 Å². The standard InChI is InChI=1S/C14H20N2O/c1-3-13(17)14(6-9-16(2)10-7-14)12-5-4-8-15-11-12/h4-5,8,11H,3,6-7,9-10H2,1-2H3. The molecule has 1 aliphatic rings. The zero-order chi connectivity index (χ0) is 12.3. The predicted octanol–water partition coefficient (Wildman–Crippen LogP) is 2.02. The van der Waals surface area contributed by atoms with Gasteiger partial charge in [-0.05, 0) is 44.6 Å². The summed E-state index contributed by atoms with van der Waals surface area (Å²) in [5, 5.41) is 0. The molecule has 3 heteroatoms. The molecule has 17 heavy (non-hydrogen) atoms. The first-order valence-electron chi connectivity index (χ1n) is 6.31. The molecule has 0 aliphatic carbocycles. The Morgan fingerprint density at radius 2 is 2.18 bits per heavy atom. The van der Waals surface area contributed by atoms with Gasteiger partial charge in [-0.3, -0.25) is 9.78 Å². The number of hydrogen-bond acceptors (Lipinski definition) is 3. The predicted molar refractivity (Wildman–Crippen MR) is 67.9 cm³/mol. The van der Waals surface area contributed by atoms with Crippen molar-refractivity contribution >= 4 is 5.78 Å². The summed E-state index contributed by atoms with van der Waals surface area (Å²) >= 11 is 0. The zero-order valence-corrected chi connectivity index (χ0v) is 10.6. The van der Waals surface area contributed by atoms with Crippen molar-refractivity contribution < 1.29 is 4.79 Å². The van der Waals surface area contributed by atoms with Gasteiger partial charge in [0.15, 0.2) is 0 Å². The van der Waals surface area contributed by atoms with E-state index < -0.39 is 0 Å². The normalized spacial score (nSPS) is 20.1. The Labute approximate surface area is 103 Å². The van der Waals surface area contributed by atoms with Crippen LogP contribution in [0.3, 0.4) is 0 Å². The van der Waals surface area contributed by atoms with Crippen LogP contribution in [0.2, 0.25) is 0 Å². The lowest BCUT2D eigenvalue weighted by Crippen LogP contribution is -2.46. The molecule has 1 aromatic heterocycles. The van der Waals surface area contributed by atoms with Crippen LogP contribution in [0.1, 0.15) is 31.7 Å². The Hall–Kier alpha value is -1.22. The Balaban J connectivity index is 2.35. The summed E-state index contributed by atoms with van der Waals surface area (Å²) in [5.74, 6) is 0.360. The van der Waals surface area contributed by atoms with Crippen LogP contribution in [-0.4, -0.2) is 35.8 Å². The maximum Gasteiger partial charge on any atom is 0.143 e. The molecular weight excluding hydrogens is 212 g/mol. The highest BCUT2D eigenvalue weighted by Gasteiger charge is 2.40. The van der Waals surface area contributed by atoms with Crippen LogP contribution in [0.15, 0.2) is 24.5 Å². The molecule has 0 amide bonds. The average Bonchev–Trinajstić information content (AvgIpc) is 2.40. The summed E-state index contributed by atoms with van der Waals surface area (Å²) in [6.07, 6.45) is 6.07. The first kappa shape index (κ1) is 12.2. The number of piperidine rings is 1. The molecule has 0 atom stereocenters. The van der Waals surface area contributed by atoms with E-state index in [0.717, 1.165) is 31.5 Å². The van der Waals surface area contributed by atoms with Crippen LogP contribution < -0.4 is 0 Å². The molecule has 92 valence electrons. The van der Waals surface area contributed by atoms with Gasteiger partial charge in [-0.1, -0.05) is 13.0 Å². The van der Waals surface area contributed by atoms with E-state index in [0.29, 0.717) is 12.2 Å². The third-order valence-corrected chi connectivity index (χ3v) is 3.91. The Kier molecular flexibility index (Phi) is 3.57. The second-order valence-corrected chi connectivity index (χ2v) is 4.90. The summed E-state index contributed by atoms with van der Waals surface area (Å²) in [4.78, 5) is 18.8. The molecule has 2 heterocycles. The van der Waals surface area contributed by atoms with Crippen molar-refractivity contribution in [2.45, 2.75) is 31.6 Å². The third kappa shape index (κ3) is 2.25. The van der Waals surface area contributed by atoms with Crippen LogP contribution in [0.4, 0.5) is 0 Å². The van der Waals surface area contributed by atoms with Gasteiger partial charge in [-0.15, -0.1) is 0 Å². The van der Waals surface area contributed by atoms with E-state index in [2.05, 4.69) is 16.9 Å². The van der Waals surface area contributed by atoms with Crippen molar-refractivity contribution in [3.63, 3.8) is 0 Å². The summed E-state index contributed by atoms with van der Waals surface area (Å²) in [6.45, 7) is 3.93. The maximum atomic E-state index is 12.3. The van der Waals surface area contributed by atoms with Crippen molar-refractivity contribution in [3.8, 4) is 0 Å². The molecule has 1 aliphatic heterocycles. The molecule has 0 bridgehead atoms. The summed E-state index contributed by atoms with van der Waals surface area (Å²) in [7, 11) is 2.11. The molecule has 0 unspecified atom stereocenters. The minimum absolute atomic E-state index is 0.282. The molecule has 0 aromatic carbocycles. The number of rotatable bonds is 3. The summed E-state index contributed by atoms with van der Waals surface area (Å²) in [6, 6.07) is 3.98. The number of carbonyl (C=O) groups excluding carboxylic acids is 1. The van der Waals surface area contributed by atoms with E-state index in [1.165, 1.54) is 0 Å². The number of ketones is 1. The summed E-state index contributed by atoms with van der Waals surface area (Å²) < 4.78 is 0. The van der Waals surface area contributed by atoms with Crippen LogP contribution in [0.25, 0.3) is 0 Å². The smallest absolute Gasteiger partial charge is 0.143 e. The van der Waals surface area contributed by atoms with Crippen LogP contribution in [0, 0.1) is 0 Å². The first-order valence-corrected chi connectivity index (χ1v) is 6.31. The lowest BCUT2D eigenvalue weighted by Gasteiger charge is -2.39. The number of aromatic nitrogens is 1. The fraction of sp³-hybridized carbons (Fsp3) is 0.571. The van der Waals surface area contributed by atoms with Crippen LogP contribution >= 0.6 is 0 Å². The lowest BCUT2D eigenvalue weighted by atomic mass is 9.69. The molecule has 1 saturated heterocycles. The van der Waals surface area contributed by atoms with E-state index in [4.69, 9.17) is 0 Å². The summed E-state index contributed by atoms with van der Waals surface area (Å²) in [5.41, 5.74) is 0.815. The van der Waals surface area contributed by atoms with Gasteiger partial charge in [-0.2, -0.15) is 0 Å². The molecule has 0 spiro atoms. The minimum atomic E-state index is -0.282. The molecule has 2 rings (SSSR count). The highest BCUT2D eigenvalue weighted by atomic mass is 16.1. The van der Waals surface area contributed by atoms with Gasteiger partial charge in [0.1, 0.15) is 5.78 Å². The number of hydrogen-bond donors (Lipinski definition) is 0. The van der Waals surface area contributed by atoms with Gasteiger partial charge >= 0.3 is 0 Å². The van der Waals surface area contributed by atoms with Gasteiger partial charge in [0.05, 0.1) is 5.41 Å². The van der Waals surface area contributed by atoms with Gasteiger partial charge in [0.2, 0.25) is 0 Å². The van der Waals surface area contributed by atoms with E-state index in [-0.39, 0.29) is 5.41 Å². The van der Waals surface area contributed by atoms with E-state index >= 15 is 0 Å². The van der Waals surface area contributed by atoms with Gasteiger partial charge in [0.25, 0.3) is 0 Å². The topological polar surface area (TPSA) is 33.2 Å². The molecule has 0 N–H and O–H groups in total. The second kappa shape index (κ2) is 4.96. The van der Waals surface area contributed by atoms with E-state index in [1.807, 2.05) is 25.3 Å². The molecule has 1 fully saturated rings. The molecule has 0 saturated carbocycles. The van der Waals surface area contributed by atoms with Crippen LogP contribution in [-0.2, 0) is 10.2 Å². The van der Waals surface area contributed by atoms with Crippen LogP contribution in [0.5, 0.6) is 0 Å². The van der Waals surface area contributed by atoms with Crippen molar-refractivity contribution in [3.05, 3.63) is 30.1 Å². The SMILES string of the molecule is CCC(=O)C1(c2cccnc2)CCN(C)CC1. The quantitative estimate of drug-likeness (QED) is 0.799. The minimum Gasteiger partial charge on any atom is -0.306 e. The van der Waals surface area contributed by atoms with Crippen molar-refractivity contribution in [2.24, 2.45) is 0 Å². The van der Waals surface area contributed by atoms with Crippen molar-refractivity contribution in [1.29, 1.82) is 0 Å². The van der Waals surface area contributed by atoms with Crippen molar-refractivity contribution in [1.82, 2.24) is 9.88 Å². The largest absolute Gasteiger partial charge is 0.306 e. The molecule has 0 radical (unpaired) electrons. The monoisotopic (exact) mass is 232 g/mol. The fourth-order valence-electron chi connectivity index (χ4n) is 2.71. The van der Waals surface area contributed by atoms with E-state index in [1.54, 1.807) is 6.20 Å². The molecule has 1 aromatic rings. The molecule has 3 nitrogen and oxygen atoms in total.